The second-order valence-corrected chi connectivity index (χ2v) is 3.18. The molecule has 0 aromatic carbocycles. The molecule has 1 aliphatic rings. The summed E-state index contributed by atoms with van der Waals surface area (Å²) in [6.45, 7) is 3.01. The minimum atomic E-state index is -0.675. The van der Waals surface area contributed by atoms with Crippen LogP contribution in [-0.4, -0.2) is 19.1 Å². The number of carbonyl (C=O) groups excluding carboxylic acids is 1. The maximum atomic E-state index is 10.6. The molecule has 1 amide bonds. The highest BCUT2D eigenvalue weighted by molar-refractivity contribution is 5.96. The van der Waals surface area contributed by atoms with E-state index in [4.69, 9.17) is 15.7 Å². The van der Waals surface area contributed by atoms with Crippen LogP contribution in [0.1, 0.15) is 6.92 Å². The fourth-order valence-corrected chi connectivity index (χ4v) is 1.01. The third-order valence-electron chi connectivity index (χ3n) is 1.74. The molecule has 1 saturated heterocycles. The number of nitrogens with two attached hydrogens (primary N) is 1. The van der Waals surface area contributed by atoms with Gasteiger partial charge in [-0.2, -0.15) is 5.26 Å². The second kappa shape index (κ2) is 2.95. The highest BCUT2D eigenvalue weighted by Gasteiger charge is 2.32. The maximum Gasteiger partial charge on any atom is 0.259 e. The molecule has 0 saturated carbocycles. The molecule has 64 valence electrons. The third-order valence-corrected chi connectivity index (χ3v) is 1.74. The summed E-state index contributed by atoms with van der Waals surface area (Å²) in [6, 6.07) is 1.76. The van der Waals surface area contributed by atoms with Crippen LogP contribution >= 0.6 is 0 Å². The lowest BCUT2D eigenvalue weighted by atomic mass is 9.86. The summed E-state index contributed by atoms with van der Waals surface area (Å²) in [7, 11) is 0. The van der Waals surface area contributed by atoms with Crippen LogP contribution in [-0.2, 0) is 9.53 Å². The molecule has 0 bridgehead atoms. The number of nitriles is 1. The highest BCUT2D eigenvalue weighted by Crippen LogP contribution is 2.29. The molecule has 1 fully saturated rings. The van der Waals surface area contributed by atoms with E-state index in [1.807, 2.05) is 6.92 Å². The average Bonchev–Trinajstić information content (AvgIpc) is 1.96. The van der Waals surface area contributed by atoms with Gasteiger partial charge < -0.3 is 10.5 Å². The topological polar surface area (TPSA) is 76.1 Å². The van der Waals surface area contributed by atoms with Crippen LogP contribution in [0.5, 0.6) is 0 Å². The van der Waals surface area contributed by atoms with Crippen molar-refractivity contribution in [1.82, 2.24) is 0 Å². The Bertz CT molecular complexity index is 271. The number of rotatable bonds is 2. The van der Waals surface area contributed by atoms with Crippen molar-refractivity contribution < 1.29 is 9.53 Å². The number of nitrogens with zero attached hydrogens (tertiary/aromatic N) is 1. The van der Waals surface area contributed by atoms with Gasteiger partial charge in [0.2, 0.25) is 0 Å². The van der Waals surface area contributed by atoms with Gasteiger partial charge in [0.25, 0.3) is 5.91 Å². The summed E-state index contributed by atoms with van der Waals surface area (Å²) < 4.78 is 4.96. The molecule has 4 heteroatoms. The van der Waals surface area contributed by atoms with Crippen molar-refractivity contribution in [2.75, 3.05) is 13.2 Å². The summed E-state index contributed by atoms with van der Waals surface area (Å²) in [4.78, 5) is 10.6. The second-order valence-electron chi connectivity index (χ2n) is 3.18. The normalized spacial score (nSPS) is 20.8. The first kappa shape index (κ1) is 8.75. The molecule has 1 aliphatic heterocycles. The summed E-state index contributed by atoms with van der Waals surface area (Å²) in [5.74, 6) is -0.675. The van der Waals surface area contributed by atoms with Crippen LogP contribution in [0.3, 0.4) is 0 Å². The Morgan fingerprint density at radius 2 is 2.33 bits per heavy atom. The zero-order valence-electron chi connectivity index (χ0n) is 6.83. The van der Waals surface area contributed by atoms with Crippen LogP contribution in [0.25, 0.3) is 0 Å². The van der Waals surface area contributed by atoms with Crippen LogP contribution in [0.2, 0.25) is 0 Å². The van der Waals surface area contributed by atoms with Crippen LogP contribution in [0, 0.1) is 16.7 Å². The largest absolute Gasteiger partial charge is 0.379 e. The Morgan fingerprint density at radius 1 is 1.75 bits per heavy atom. The van der Waals surface area contributed by atoms with E-state index < -0.39 is 5.91 Å². The summed E-state index contributed by atoms with van der Waals surface area (Å²) in [5, 5.41) is 8.52. The minimum absolute atomic E-state index is 0.0146. The maximum absolute atomic E-state index is 10.6. The van der Waals surface area contributed by atoms with Crippen molar-refractivity contribution in [2.45, 2.75) is 6.92 Å². The van der Waals surface area contributed by atoms with E-state index in [0.717, 1.165) is 0 Å². The van der Waals surface area contributed by atoms with E-state index >= 15 is 0 Å². The van der Waals surface area contributed by atoms with Crippen molar-refractivity contribution >= 4 is 5.91 Å². The Morgan fingerprint density at radius 3 is 2.58 bits per heavy atom. The highest BCUT2D eigenvalue weighted by atomic mass is 16.5. The van der Waals surface area contributed by atoms with Gasteiger partial charge in [-0.15, -0.1) is 0 Å². The number of primary amides is 1. The Balaban J connectivity index is 2.78. The number of hydrogen-bond donors (Lipinski definition) is 1. The van der Waals surface area contributed by atoms with Gasteiger partial charge in [-0.25, -0.2) is 0 Å². The van der Waals surface area contributed by atoms with Crippen molar-refractivity contribution in [2.24, 2.45) is 11.1 Å². The van der Waals surface area contributed by atoms with Crippen LogP contribution in [0.4, 0.5) is 0 Å². The van der Waals surface area contributed by atoms with Gasteiger partial charge in [0.15, 0.2) is 0 Å². The van der Waals surface area contributed by atoms with Gasteiger partial charge in [-0.1, -0.05) is 13.0 Å². The average molecular weight is 166 g/mol. The summed E-state index contributed by atoms with van der Waals surface area (Å²) in [6.07, 6.45) is 1.58. The third kappa shape index (κ3) is 1.63. The van der Waals surface area contributed by atoms with Gasteiger partial charge in [-0.3, -0.25) is 4.79 Å². The van der Waals surface area contributed by atoms with Crippen molar-refractivity contribution in [3.63, 3.8) is 0 Å². The summed E-state index contributed by atoms with van der Waals surface area (Å²) >= 11 is 0. The lowest BCUT2D eigenvalue weighted by Crippen LogP contribution is -2.38. The lowest BCUT2D eigenvalue weighted by Gasteiger charge is -2.35. The quantitative estimate of drug-likeness (QED) is 0.462. The fourth-order valence-electron chi connectivity index (χ4n) is 1.01. The number of ether oxygens (including phenoxy) is 1. The van der Waals surface area contributed by atoms with Crippen LogP contribution in [0.15, 0.2) is 11.6 Å². The van der Waals surface area contributed by atoms with Crippen molar-refractivity contribution in [1.29, 1.82) is 5.26 Å². The van der Waals surface area contributed by atoms with Crippen LogP contribution < -0.4 is 5.73 Å². The molecule has 2 N–H and O–H groups in total. The van der Waals surface area contributed by atoms with E-state index in [9.17, 15) is 4.79 Å². The number of hydrogen-bond acceptors (Lipinski definition) is 3. The SMILES string of the molecule is CC1(/C=C(\C#N)C(N)=O)COC1. The molecule has 1 heterocycles. The Kier molecular flexibility index (Phi) is 2.15. The number of amides is 1. The zero-order valence-corrected chi connectivity index (χ0v) is 6.83. The molecule has 0 unspecified atom stereocenters. The van der Waals surface area contributed by atoms with Gasteiger partial charge >= 0.3 is 0 Å². The molecule has 0 aromatic heterocycles. The minimum Gasteiger partial charge on any atom is -0.379 e. The molecule has 0 radical (unpaired) electrons. The van der Waals surface area contributed by atoms with Crippen molar-refractivity contribution in [3.8, 4) is 6.07 Å². The molecule has 0 aromatic rings. The molecular weight excluding hydrogens is 156 g/mol. The Hall–Kier alpha value is -1.34. The molecular formula is C8H10N2O2. The molecule has 4 nitrogen and oxygen atoms in total. The molecule has 0 aliphatic carbocycles. The van der Waals surface area contributed by atoms with E-state index in [2.05, 4.69) is 0 Å². The van der Waals surface area contributed by atoms with Gasteiger partial charge in [-0.05, 0) is 0 Å². The van der Waals surface area contributed by atoms with Gasteiger partial charge in [0, 0.05) is 5.41 Å². The first-order chi connectivity index (χ1) is 5.57. The first-order valence-corrected chi connectivity index (χ1v) is 3.58. The first-order valence-electron chi connectivity index (χ1n) is 3.58. The van der Waals surface area contributed by atoms with E-state index in [1.54, 1.807) is 12.1 Å². The monoisotopic (exact) mass is 166 g/mol. The smallest absolute Gasteiger partial charge is 0.259 e. The summed E-state index contributed by atoms with van der Waals surface area (Å²) in [5.41, 5.74) is 4.80. The standard InChI is InChI=1S/C8H10N2O2/c1-8(4-12-5-8)2-6(3-9)7(10)11/h2H,4-5H2,1H3,(H2,10,11)/b6-2+. The van der Waals surface area contributed by atoms with E-state index in [-0.39, 0.29) is 11.0 Å². The van der Waals surface area contributed by atoms with E-state index in [1.165, 1.54) is 0 Å². The predicted molar refractivity (Wildman–Crippen MR) is 41.8 cm³/mol. The molecule has 0 atom stereocenters. The Labute approximate surface area is 70.6 Å². The fraction of sp³-hybridized carbons (Fsp3) is 0.500. The number of carbonyl (C=O) groups is 1. The van der Waals surface area contributed by atoms with Crippen molar-refractivity contribution in [3.05, 3.63) is 11.6 Å². The molecule has 12 heavy (non-hydrogen) atoms. The van der Waals surface area contributed by atoms with E-state index in [0.29, 0.717) is 13.2 Å². The lowest BCUT2D eigenvalue weighted by molar-refractivity contribution is -0.114. The molecule has 0 spiro atoms. The molecule has 1 rings (SSSR count). The van der Waals surface area contributed by atoms with Gasteiger partial charge in [0.05, 0.1) is 13.2 Å². The van der Waals surface area contributed by atoms with Gasteiger partial charge in [0.1, 0.15) is 11.6 Å². The zero-order chi connectivity index (χ0) is 9.19. The predicted octanol–water partition coefficient (Wildman–Crippen LogP) is -0.0418.